The second-order valence-corrected chi connectivity index (χ2v) is 8.42. The fraction of sp³-hybridized carbons (Fsp3) is 0.458. The zero-order chi connectivity index (χ0) is 21.1. The molecule has 0 bridgehead atoms. The second-order valence-electron chi connectivity index (χ2n) is 8.42. The van der Waals surface area contributed by atoms with Crippen molar-refractivity contribution >= 4 is 11.6 Å². The molecule has 1 fully saturated rings. The molecule has 6 heteroatoms. The summed E-state index contributed by atoms with van der Waals surface area (Å²) in [6.07, 6.45) is 0.886. The van der Waals surface area contributed by atoms with E-state index in [2.05, 4.69) is 34.3 Å². The summed E-state index contributed by atoms with van der Waals surface area (Å²) in [5.74, 6) is 1.63. The third kappa shape index (κ3) is 4.70. The van der Waals surface area contributed by atoms with E-state index < -0.39 is 0 Å². The van der Waals surface area contributed by atoms with Crippen molar-refractivity contribution in [3.63, 3.8) is 0 Å². The van der Waals surface area contributed by atoms with Gasteiger partial charge in [0.1, 0.15) is 18.1 Å². The number of amides is 1. The van der Waals surface area contributed by atoms with Crippen LogP contribution < -0.4 is 19.7 Å². The third-order valence-electron chi connectivity index (χ3n) is 5.67. The Kier molecular flexibility index (Phi) is 6.13. The maximum Gasteiger partial charge on any atom is 0.251 e. The van der Waals surface area contributed by atoms with Gasteiger partial charge in [0.15, 0.2) is 0 Å². The molecule has 1 atom stereocenters. The molecule has 2 aromatic rings. The average Bonchev–Trinajstić information content (AvgIpc) is 2.74. The first kappa shape index (κ1) is 20.5. The summed E-state index contributed by atoms with van der Waals surface area (Å²) in [6, 6.07) is 13.5. The first-order chi connectivity index (χ1) is 14.5. The van der Waals surface area contributed by atoms with Gasteiger partial charge < -0.3 is 24.6 Å². The normalized spacial score (nSPS) is 19.2. The number of anilines is 1. The maximum absolute atomic E-state index is 12.8. The van der Waals surface area contributed by atoms with Crippen molar-refractivity contribution in [3.05, 3.63) is 53.6 Å². The zero-order valence-corrected chi connectivity index (χ0v) is 18.1. The minimum Gasteiger partial charge on any atom is -0.491 e. The second kappa shape index (κ2) is 8.96. The van der Waals surface area contributed by atoms with E-state index >= 15 is 0 Å². The van der Waals surface area contributed by atoms with Gasteiger partial charge in [0, 0.05) is 49.4 Å². The van der Waals surface area contributed by atoms with Crippen molar-refractivity contribution in [2.24, 2.45) is 0 Å². The molecule has 1 N–H and O–H groups in total. The minimum atomic E-state index is -0.0831. The molecule has 2 heterocycles. The van der Waals surface area contributed by atoms with Crippen LogP contribution in [0.15, 0.2) is 42.5 Å². The highest BCUT2D eigenvalue weighted by Crippen LogP contribution is 2.34. The number of benzene rings is 2. The number of piperazine rings is 1. The lowest BCUT2D eigenvalue weighted by atomic mass is 9.99. The number of carbonyl (C=O) groups is 1. The van der Waals surface area contributed by atoms with Crippen LogP contribution >= 0.6 is 0 Å². The summed E-state index contributed by atoms with van der Waals surface area (Å²) >= 11 is 0. The molecule has 30 heavy (non-hydrogen) atoms. The number of carbonyl (C=O) groups excluding carboxylic acids is 1. The number of hydrogen-bond acceptors (Lipinski definition) is 5. The number of fused-ring (bicyclic) bond motifs is 1. The molecule has 4 rings (SSSR count). The number of nitrogens with one attached hydrogen (secondary N) is 1. The summed E-state index contributed by atoms with van der Waals surface area (Å²) < 4.78 is 11.7. The van der Waals surface area contributed by atoms with Crippen LogP contribution in [0.3, 0.4) is 0 Å². The van der Waals surface area contributed by atoms with Crippen LogP contribution in [0.25, 0.3) is 0 Å². The van der Waals surface area contributed by atoms with Crippen LogP contribution in [0, 0.1) is 0 Å². The molecule has 160 valence electrons. The molecule has 0 aromatic heterocycles. The Balaban J connectivity index is 1.43. The highest BCUT2D eigenvalue weighted by molar-refractivity contribution is 5.94. The Morgan fingerprint density at radius 1 is 1.10 bits per heavy atom. The topological polar surface area (TPSA) is 54.0 Å². The van der Waals surface area contributed by atoms with E-state index in [1.165, 1.54) is 11.3 Å². The Hall–Kier alpha value is -2.73. The predicted octanol–water partition coefficient (Wildman–Crippen LogP) is 2.96. The number of rotatable bonds is 5. The van der Waals surface area contributed by atoms with Crippen LogP contribution in [0.1, 0.15) is 29.8 Å². The van der Waals surface area contributed by atoms with Crippen LogP contribution in [-0.4, -0.2) is 62.8 Å². The van der Waals surface area contributed by atoms with Gasteiger partial charge in [-0.3, -0.25) is 4.79 Å². The van der Waals surface area contributed by atoms with E-state index in [1.807, 2.05) is 32.0 Å². The van der Waals surface area contributed by atoms with E-state index in [4.69, 9.17) is 9.47 Å². The van der Waals surface area contributed by atoms with Crippen molar-refractivity contribution < 1.29 is 14.3 Å². The van der Waals surface area contributed by atoms with Gasteiger partial charge in [0.25, 0.3) is 5.91 Å². The molecule has 2 aromatic carbocycles. The largest absolute Gasteiger partial charge is 0.491 e. The molecule has 1 saturated heterocycles. The lowest BCUT2D eigenvalue weighted by Gasteiger charge is -2.37. The summed E-state index contributed by atoms with van der Waals surface area (Å²) in [5.41, 5.74) is 3.05. The predicted molar refractivity (Wildman–Crippen MR) is 119 cm³/mol. The number of ether oxygens (including phenoxy) is 2. The van der Waals surface area contributed by atoms with Crippen LogP contribution in [0.2, 0.25) is 0 Å². The maximum atomic E-state index is 12.8. The first-order valence-electron chi connectivity index (χ1n) is 10.8. The van der Waals surface area contributed by atoms with Crippen LogP contribution in [-0.2, 0) is 6.42 Å². The van der Waals surface area contributed by atoms with E-state index in [0.717, 1.165) is 44.1 Å². The van der Waals surface area contributed by atoms with Gasteiger partial charge in [0.05, 0.1) is 12.1 Å². The van der Waals surface area contributed by atoms with Crippen LogP contribution in [0.4, 0.5) is 5.69 Å². The number of hydrogen-bond donors (Lipinski definition) is 1. The van der Waals surface area contributed by atoms with Crippen molar-refractivity contribution in [1.82, 2.24) is 10.2 Å². The van der Waals surface area contributed by atoms with Crippen molar-refractivity contribution in [2.45, 2.75) is 32.4 Å². The smallest absolute Gasteiger partial charge is 0.251 e. The van der Waals surface area contributed by atoms with Gasteiger partial charge in [-0.25, -0.2) is 0 Å². The molecular weight excluding hydrogens is 378 g/mol. The van der Waals surface area contributed by atoms with E-state index in [0.29, 0.717) is 12.2 Å². The molecule has 0 aliphatic carbocycles. The SMILES string of the molecule is CC(C)Oc1ccc(C(=O)N[C@@H]2COc3cccc(N4CCN(C)CC4)c3C2)cc1. The van der Waals surface area contributed by atoms with Crippen molar-refractivity contribution in [3.8, 4) is 11.5 Å². The fourth-order valence-corrected chi connectivity index (χ4v) is 4.05. The zero-order valence-electron chi connectivity index (χ0n) is 18.1. The highest BCUT2D eigenvalue weighted by Gasteiger charge is 2.26. The minimum absolute atomic E-state index is 0.0507. The average molecular weight is 410 g/mol. The molecule has 6 nitrogen and oxygen atoms in total. The summed E-state index contributed by atoms with van der Waals surface area (Å²) in [7, 11) is 2.16. The lowest BCUT2D eigenvalue weighted by Crippen LogP contribution is -2.46. The highest BCUT2D eigenvalue weighted by atomic mass is 16.5. The first-order valence-corrected chi connectivity index (χ1v) is 10.8. The molecule has 0 radical (unpaired) electrons. The number of nitrogens with zero attached hydrogens (tertiary/aromatic N) is 2. The third-order valence-corrected chi connectivity index (χ3v) is 5.67. The van der Waals surface area contributed by atoms with Gasteiger partial charge in [-0.05, 0) is 57.3 Å². The Morgan fingerprint density at radius 2 is 1.83 bits per heavy atom. The lowest BCUT2D eigenvalue weighted by molar-refractivity contribution is 0.0915. The monoisotopic (exact) mass is 409 g/mol. The van der Waals surface area contributed by atoms with Crippen molar-refractivity contribution in [2.75, 3.05) is 44.7 Å². The van der Waals surface area contributed by atoms with Gasteiger partial charge in [-0.1, -0.05) is 6.07 Å². The molecule has 0 saturated carbocycles. The number of likely N-dealkylation sites (N-methyl/N-ethyl adjacent to an activating group) is 1. The summed E-state index contributed by atoms with van der Waals surface area (Å²) in [5, 5.41) is 3.14. The molecule has 2 aliphatic rings. The van der Waals surface area contributed by atoms with Crippen LogP contribution in [0.5, 0.6) is 11.5 Å². The quantitative estimate of drug-likeness (QED) is 0.823. The Bertz CT molecular complexity index is 874. The van der Waals surface area contributed by atoms with E-state index in [1.54, 1.807) is 12.1 Å². The molecule has 0 spiro atoms. The summed E-state index contributed by atoms with van der Waals surface area (Å²) in [6.45, 7) is 8.58. The summed E-state index contributed by atoms with van der Waals surface area (Å²) in [4.78, 5) is 17.5. The fourth-order valence-electron chi connectivity index (χ4n) is 4.05. The molecule has 2 aliphatic heterocycles. The van der Waals surface area contributed by atoms with E-state index in [-0.39, 0.29) is 18.1 Å². The van der Waals surface area contributed by atoms with Gasteiger partial charge in [-0.15, -0.1) is 0 Å². The standard InChI is InChI=1S/C24H31N3O3/c1-17(2)30-20-9-7-18(8-10-20)24(28)25-19-15-21-22(5-4-6-23(21)29-16-19)27-13-11-26(3)12-14-27/h4-10,17,19H,11-16H2,1-3H3,(H,25,28)/t19-/m0/s1. The molecule has 1 amide bonds. The van der Waals surface area contributed by atoms with E-state index in [9.17, 15) is 4.79 Å². The molecular formula is C24H31N3O3. The Morgan fingerprint density at radius 3 is 2.53 bits per heavy atom. The van der Waals surface area contributed by atoms with Gasteiger partial charge in [-0.2, -0.15) is 0 Å². The van der Waals surface area contributed by atoms with Gasteiger partial charge >= 0.3 is 0 Å². The molecule has 0 unspecified atom stereocenters. The Labute approximate surface area is 178 Å². The van der Waals surface area contributed by atoms with Gasteiger partial charge in [0.2, 0.25) is 0 Å². The van der Waals surface area contributed by atoms with Crippen molar-refractivity contribution in [1.29, 1.82) is 0 Å².